The molecule has 0 N–H and O–H groups in total. The first-order valence-electron chi connectivity index (χ1n) is 6.87. The van der Waals surface area contributed by atoms with Crippen LogP contribution in [0.3, 0.4) is 0 Å². The highest BCUT2D eigenvalue weighted by molar-refractivity contribution is 7.91. The van der Waals surface area contributed by atoms with Gasteiger partial charge in [-0.15, -0.1) is 0 Å². The van der Waals surface area contributed by atoms with Crippen LogP contribution >= 0.6 is 0 Å². The molecule has 1 fully saturated rings. The van der Waals surface area contributed by atoms with Crippen molar-refractivity contribution < 1.29 is 26.3 Å². The highest BCUT2D eigenvalue weighted by Crippen LogP contribution is 2.34. The topological polar surface area (TPSA) is 90.0 Å². The van der Waals surface area contributed by atoms with Gasteiger partial charge in [0.1, 0.15) is 13.2 Å². The molecule has 0 unspecified atom stereocenters. The van der Waals surface area contributed by atoms with Crippen LogP contribution in [-0.2, 0) is 19.9 Å². The Balaban J connectivity index is 1.88. The summed E-state index contributed by atoms with van der Waals surface area (Å²) in [4.78, 5) is 0.0888. The Morgan fingerprint density at radius 2 is 1.77 bits per heavy atom. The number of hydrogen-bond acceptors (Lipinski definition) is 6. The Labute approximate surface area is 129 Å². The van der Waals surface area contributed by atoms with Gasteiger partial charge in [0, 0.05) is 25.4 Å². The van der Waals surface area contributed by atoms with Crippen LogP contribution < -0.4 is 9.47 Å². The molecule has 0 aromatic heterocycles. The van der Waals surface area contributed by atoms with Crippen molar-refractivity contribution in [3.63, 3.8) is 0 Å². The Hall–Kier alpha value is -1.32. The fraction of sp³-hybridized carbons (Fsp3) is 0.538. The van der Waals surface area contributed by atoms with Gasteiger partial charge in [0.05, 0.1) is 10.1 Å². The van der Waals surface area contributed by atoms with Crippen molar-refractivity contribution in [3.8, 4) is 11.5 Å². The molecule has 0 spiro atoms. The van der Waals surface area contributed by atoms with E-state index >= 15 is 0 Å². The third-order valence-electron chi connectivity index (χ3n) is 3.86. The van der Waals surface area contributed by atoms with Crippen molar-refractivity contribution in [1.29, 1.82) is 0 Å². The van der Waals surface area contributed by atoms with Gasteiger partial charge in [-0.05, 0) is 18.6 Å². The molecule has 1 aromatic carbocycles. The van der Waals surface area contributed by atoms with Crippen LogP contribution in [0.25, 0.3) is 0 Å². The maximum Gasteiger partial charge on any atom is 0.243 e. The van der Waals surface area contributed by atoms with Crippen molar-refractivity contribution in [2.45, 2.75) is 16.6 Å². The molecule has 0 bridgehead atoms. The Kier molecular flexibility index (Phi) is 3.82. The molecule has 9 heteroatoms. The Bertz CT molecular complexity index is 787. The average Bonchev–Trinajstić information content (AvgIpc) is 2.97. The van der Waals surface area contributed by atoms with Gasteiger partial charge >= 0.3 is 0 Å². The second kappa shape index (κ2) is 5.39. The van der Waals surface area contributed by atoms with Crippen molar-refractivity contribution in [2.24, 2.45) is 0 Å². The normalized spacial score (nSPS) is 22.7. The van der Waals surface area contributed by atoms with Crippen molar-refractivity contribution in [3.05, 3.63) is 18.2 Å². The lowest BCUT2D eigenvalue weighted by Crippen LogP contribution is -2.31. The van der Waals surface area contributed by atoms with Gasteiger partial charge in [-0.25, -0.2) is 16.8 Å². The molecule has 2 aliphatic heterocycles. The van der Waals surface area contributed by atoms with Crippen LogP contribution in [-0.4, -0.2) is 58.9 Å². The zero-order valence-electron chi connectivity index (χ0n) is 12.1. The zero-order chi connectivity index (χ0) is 16.0. The third kappa shape index (κ3) is 2.80. The molecule has 0 saturated carbocycles. The summed E-state index contributed by atoms with van der Waals surface area (Å²) in [6, 6.07) is 4.44. The minimum Gasteiger partial charge on any atom is -0.486 e. The first-order valence-corrected chi connectivity index (χ1v) is 10.3. The predicted octanol–water partition coefficient (Wildman–Crippen LogP) is 0.265. The van der Waals surface area contributed by atoms with Gasteiger partial charge in [-0.1, -0.05) is 0 Å². The summed E-state index contributed by atoms with van der Waals surface area (Å²) in [6.07, 6.45) is 1.46. The van der Waals surface area contributed by atoms with E-state index in [1.54, 1.807) is 6.07 Å². The third-order valence-corrected chi connectivity index (χ3v) is 7.32. The molecule has 1 atom stereocenters. The lowest BCUT2D eigenvalue weighted by Gasteiger charge is -2.21. The fourth-order valence-electron chi connectivity index (χ4n) is 2.60. The number of sulfonamides is 1. The quantitative estimate of drug-likeness (QED) is 0.779. The number of nitrogens with zero attached hydrogens (tertiary/aromatic N) is 1. The van der Waals surface area contributed by atoms with Gasteiger partial charge in [0.15, 0.2) is 21.3 Å². The van der Waals surface area contributed by atoms with E-state index in [0.717, 1.165) is 6.26 Å². The second-order valence-electron chi connectivity index (χ2n) is 5.41. The van der Waals surface area contributed by atoms with Gasteiger partial charge in [-0.2, -0.15) is 4.31 Å². The highest BCUT2D eigenvalue weighted by atomic mass is 32.2. The molecule has 2 aliphatic rings. The maximum atomic E-state index is 12.6. The molecule has 0 amide bonds. The summed E-state index contributed by atoms with van der Waals surface area (Å²) in [5.41, 5.74) is 0. The molecular formula is C13H17NO6S2. The van der Waals surface area contributed by atoms with Gasteiger partial charge in [0.25, 0.3) is 0 Å². The summed E-state index contributed by atoms with van der Waals surface area (Å²) in [5, 5.41) is -0.639. The van der Waals surface area contributed by atoms with Crippen LogP contribution in [0.2, 0.25) is 0 Å². The number of benzene rings is 1. The number of hydrogen-bond donors (Lipinski definition) is 0. The molecule has 122 valence electrons. The molecule has 1 saturated heterocycles. The van der Waals surface area contributed by atoms with E-state index in [-0.39, 0.29) is 18.0 Å². The van der Waals surface area contributed by atoms with E-state index in [4.69, 9.17) is 9.47 Å². The zero-order valence-corrected chi connectivity index (χ0v) is 13.7. The van der Waals surface area contributed by atoms with Crippen LogP contribution in [0.4, 0.5) is 0 Å². The second-order valence-corrected chi connectivity index (χ2v) is 9.67. The van der Waals surface area contributed by atoms with Crippen LogP contribution in [0, 0.1) is 0 Å². The molecule has 0 aliphatic carbocycles. The lowest BCUT2D eigenvalue weighted by atomic mass is 10.3. The van der Waals surface area contributed by atoms with Crippen molar-refractivity contribution >= 4 is 19.9 Å². The summed E-state index contributed by atoms with van der Waals surface area (Å²) >= 11 is 0. The molecule has 2 heterocycles. The van der Waals surface area contributed by atoms with Crippen molar-refractivity contribution in [1.82, 2.24) is 4.31 Å². The lowest BCUT2D eigenvalue weighted by molar-refractivity contribution is 0.171. The summed E-state index contributed by atoms with van der Waals surface area (Å²) in [6.45, 7) is 1.00. The van der Waals surface area contributed by atoms with Crippen LogP contribution in [0.1, 0.15) is 6.42 Å². The van der Waals surface area contributed by atoms with Gasteiger partial charge < -0.3 is 9.47 Å². The molecule has 3 rings (SSSR count). The first-order chi connectivity index (χ1) is 10.3. The molecule has 0 radical (unpaired) electrons. The minimum absolute atomic E-state index is 0.00436. The maximum absolute atomic E-state index is 12.6. The largest absolute Gasteiger partial charge is 0.486 e. The highest BCUT2D eigenvalue weighted by Gasteiger charge is 2.37. The van der Waals surface area contributed by atoms with Crippen LogP contribution in [0.15, 0.2) is 23.1 Å². The van der Waals surface area contributed by atoms with Gasteiger partial charge in [0.2, 0.25) is 10.0 Å². The summed E-state index contributed by atoms with van der Waals surface area (Å²) in [5.74, 6) is 0.909. The Morgan fingerprint density at radius 3 is 2.41 bits per heavy atom. The first kappa shape index (κ1) is 15.6. The number of sulfone groups is 1. The smallest absolute Gasteiger partial charge is 0.243 e. The molecular weight excluding hydrogens is 330 g/mol. The average molecular weight is 347 g/mol. The number of ether oxygens (including phenoxy) is 2. The number of fused-ring (bicyclic) bond motifs is 1. The van der Waals surface area contributed by atoms with E-state index < -0.39 is 25.1 Å². The molecule has 1 aromatic rings. The van der Waals surface area contributed by atoms with Crippen molar-refractivity contribution in [2.75, 3.05) is 32.6 Å². The SMILES string of the molecule is CS(=O)(=O)[C@H]1CCN(S(=O)(=O)c2ccc3c(c2)OCCO3)C1. The van der Waals surface area contributed by atoms with E-state index in [9.17, 15) is 16.8 Å². The van der Waals surface area contributed by atoms with E-state index in [1.807, 2.05) is 0 Å². The molecule has 22 heavy (non-hydrogen) atoms. The van der Waals surface area contributed by atoms with Gasteiger partial charge in [-0.3, -0.25) is 0 Å². The van der Waals surface area contributed by atoms with E-state index in [2.05, 4.69) is 0 Å². The summed E-state index contributed by atoms with van der Waals surface area (Å²) in [7, 11) is -6.98. The number of rotatable bonds is 3. The Morgan fingerprint density at radius 1 is 1.09 bits per heavy atom. The molecule has 7 nitrogen and oxygen atoms in total. The van der Waals surface area contributed by atoms with E-state index in [0.29, 0.717) is 31.1 Å². The van der Waals surface area contributed by atoms with E-state index in [1.165, 1.54) is 16.4 Å². The predicted molar refractivity (Wildman–Crippen MR) is 79.4 cm³/mol. The summed E-state index contributed by atoms with van der Waals surface area (Å²) < 4.78 is 60.4. The minimum atomic E-state index is -3.73. The monoisotopic (exact) mass is 347 g/mol. The fourth-order valence-corrected chi connectivity index (χ4v) is 5.19. The van der Waals surface area contributed by atoms with Crippen LogP contribution in [0.5, 0.6) is 11.5 Å². The standard InChI is InChI=1S/C13H17NO6S2/c1-21(15,16)11-4-5-14(9-11)22(17,18)10-2-3-12-13(8-10)20-7-6-19-12/h2-3,8,11H,4-7,9H2,1H3/t11-/m0/s1.